The summed E-state index contributed by atoms with van der Waals surface area (Å²) < 4.78 is 31.0. The molecule has 0 saturated carbocycles. The fraction of sp³-hybridized carbons (Fsp3) is 0.529. The molecule has 0 spiro atoms. The number of carbonyl (C=O) groups excluding carboxylic acids is 2. The van der Waals surface area contributed by atoms with E-state index in [-0.39, 0.29) is 35.1 Å². The normalized spacial score (nSPS) is 21.3. The first kappa shape index (κ1) is 18.6. The van der Waals surface area contributed by atoms with E-state index in [0.717, 1.165) is 5.56 Å². The van der Waals surface area contributed by atoms with E-state index < -0.39 is 21.1 Å². The minimum Gasteiger partial charge on any atom is -0.469 e. The average molecular weight is 353 g/mol. The number of piperidine rings is 1. The van der Waals surface area contributed by atoms with Crippen molar-refractivity contribution in [3.63, 3.8) is 0 Å². The van der Waals surface area contributed by atoms with Crippen LogP contribution in [0.3, 0.4) is 0 Å². The number of Topliss-reactive ketones (excluding diaryl/α,β-unsaturated/α-hetero) is 1. The minimum absolute atomic E-state index is 0.0455. The Bertz CT molecular complexity index is 741. The Morgan fingerprint density at radius 2 is 2.04 bits per heavy atom. The molecule has 0 bridgehead atoms. The number of nitrogens with one attached hydrogen (secondary N) is 1. The summed E-state index contributed by atoms with van der Waals surface area (Å²) in [6.45, 7) is 4.08. The number of benzene rings is 1. The first-order valence-electron chi connectivity index (χ1n) is 7.90. The highest BCUT2D eigenvalue weighted by molar-refractivity contribution is 7.92. The van der Waals surface area contributed by atoms with Gasteiger partial charge in [-0.15, -0.1) is 0 Å². The maximum absolute atomic E-state index is 13.2. The molecule has 1 saturated heterocycles. The number of carbonyl (C=O) groups is 2. The van der Waals surface area contributed by atoms with Crippen LogP contribution in [0.2, 0.25) is 0 Å². The monoisotopic (exact) mass is 353 g/mol. The van der Waals surface area contributed by atoms with E-state index in [1.54, 1.807) is 12.1 Å². The maximum atomic E-state index is 13.2. The summed E-state index contributed by atoms with van der Waals surface area (Å²) in [4.78, 5) is 23.6. The molecule has 6 nitrogen and oxygen atoms in total. The van der Waals surface area contributed by atoms with E-state index in [2.05, 4.69) is 10.1 Å². The summed E-state index contributed by atoms with van der Waals surface area (Å²) in [5, 5.41) is 2.32. The third-order valence-electron chi connectivity index (χ3n) is 4.44. The van der Waals surface area contributed by atoms with Crippen LogP contribution in [0, 0.1) is 12.8 Å². The zero-order valence-electron chi connectivity index (χ0n) is 14.2. The topological polar surface area (TPSA) is 89.5 Å². The van der Waals surface area contributed by atoms with Gasteiger partial charge in [0.2, 0.25) is 0 Å². The van der Waals surface area contributed by atoms with Gasteiger partial charge in [-0.2, -0.15) is 0 Å². The Balaban J connectivity index is 2.44. The van der Waals surface area contributed by atoms with Crippen molar-refractivity contribution < 1.29 is 22.7 Å². The van der Waals surface area contributed by atoms with Gasteiger partial charge in [0.25, 0.3) is 0 Å². The Kier molecular flexibility index (Phi) is 5.77. The molecule has 0 radical (unpaired) electrons. The molecule has 1 fully saturated rings. The molecular formula is C17H23NO5S. The predicted molar refractivity (Wildman–Crippen MR) is 89.8 cm³/mol. The summed E-state index contributed by atoms with van der Waals surface area (Å²) in [7, 11) is -2.46. The first-order chi connectivity index (χ1) is 11.3. The van der Waals surface area contributed by atoms with Crippen LogP contribution < -0.4 is 5.32 Å². The second-order valence-electron chi connectivity index (χ2n) is 6.17. The molecule has 7 heteroatoms. The summed E-state index contributed by atoms with van der Waals surface area (Å²) in [5.74, 6) is -1.03. The van der Waals surface area contributed by atoms with E-state index in [0.29, 0.717) is 13.0 Å². The number of ether oxygens (including phenoxy) is 1. The van der Waals surface area contributed by atoms with Crippen molar-refractivity contribution in [3.05, 3.63) is 29.3 Å². The van der Waals surface area contributed by atoms with Gasteiger partial charge in [-0.3, -0.25) is 9.59 Å². The van der Waals surface area contributed by atoms with Gasteiger partial charge >= 0.3 is 5.97 Å². The summed E-state index contributed by atoms with van der Waals surface area (Å²) in [6, 6.07) is 4.77. The van der Waals surface area contributed by atoms with Crippen LogP contribution in [-0.4, -0.2) is 45.6 Å². The van der Waals surface area contributed by atoms with Crippen LogP contribution in [0.15, 0.2) is 23.1 Å². The van der Waals surface area contributed by atoms with Gasteiger partial charge in [0, 0.05) is 18.5 Å². The molecule has 1 aromatic rings. The molecule has 2 rings (SSSR count). The van der Waals surface area contributed by atoms with Crippen molar-refractivity contribution in [2.75, 3.05) is 20.2 Å². The average Bonchev–Trinajstić information content (AvgIpc) is 2.54. The van der Waals surface area contributed by atoms with E-state index in [1.807, 2.05) is 6.92 Å². The van der Waals surface area contributed by atoms with E-state index in [1.165, 1.54) is 20.1 Å². The quantitative estimate of drug-likeness (QED) is 0.637. The van der Waals surface area contributed by atoms with Crippen molar-refractivity contribution in [2.24, 2.45) is 5.92 Å². The zero-order valence-corrected chi connectivity index (χ0v) is 15.0. The number of methoxy groups -OCH3 is 1. The van der Waals surface area contributed by atoms with E-state index in [4.69, 9.17) is 0 Å². The number of hydrogen-bond donors (Lipinski definition) is 1. The van der Waals surface area contributed by atoms with Gasteiger partial charge in [-0.1, -0.05) is 11.6 Å². The molecule has 0 aliphatic carbocycles. The lowest BCUT2D eigenvalue weighted by atomic mass is 9.94. The Labute approximate surface area is 142 Å². The highest BCUT2D eigenvalue weighted by atomic mass is 32.2. The smallest absolute Gasteiger partial charge is 0.305 e. The molecule has 1 aliphatic rings. The van der Waals surface area contributed by atoms with Crippen LogP contribution in [0.1, 0.15) is 35.7 Å². The molecule has 1 N–H and O–H groups in total. The lowest BCUT2D eigenvalue weighted by molar-refractivity contribution is -0.141. The second kappa shape index (κ2) is 7.44. The van der Waals surface area contributed by atoms with Gasteiger partial charge in [-0.25, -0.2) is 8.42 Å². The standard InChI is InChI=1S/C17H23NO5S/c1-11-4-5-15(14(8-11)12(2)19)24(21,22)16-10-18-7-6-13(16)9-17(20)23-3/h4-5,8,13,16,18H,6-7,9-10H2,1-3H3/t13-,16+/m1/s1. The highest BCUT2D eigenvalue weighted by Gasteiger charge is 2.39. The number of sulfone groups is 1. The number of esters is 1. The minimum atomic E-state index is -3.75. The summed E-state index contributed by atoms with van der Waals surface area (Å²) in [6.07, 6.45) is 0.629. The molecule has 1 aromatic carbocycles. The molecular weight excluding hydrogens is 330 g/mol. The van der Waals surface area contributed by atoms with Crippen molar-refractivity contribution in [3.8, 4) is 0 Å². The van der Waals surface area contributed by atoms with E-state index in [9.17, 15) is 18.0 Å². The third-order valence-corrected chi connectivity index (χ3v) is 6.76. The number of hydrogen-bond acceptors (Lipinski definition) is 6. The maximum Gasteiger partial charge on any atom is 0.305 e. The molecule has 1 heterocycles. The highest BCUT2D eigenvalue weighted by Crippen LogP contribution is 2.30. The fourth-order valence-electron chi connectivity index (χ4n) is 3.11. The third kappa shape index (κ3) is 3.84. The molecule has 0 unspecified atom stereocenters. The second-order valence-corrected chi connectivity index (χ2v) is 8.31. The van der Waals surface area contributed by atoms with Crippen molar-refractivity contribution in [1.82, 2.24) is 5.32 Å². The number of ketones is 1. The summed E-state index contributed by atoms with van der Waals surface area (Å²) in [5.41, 5.74) is 1.03. The SMILES string of the molecule is COC(=O)C[C@H]1CCNC[C@@H]1S(=O)(=O)c1ccc(C)cc1C(C)=O. The Hall–Kier alpha value is -1.73. The van der Waals surface area contributed by atoms with Crippen LogP contribution in [0.25, 0.3) is 0 Å². The molecule has 2 atom stereocenters. The lowest BCUT2D eigenvalue weighted by Crippen LogP contribution is -2.46. The van der Waals surface area contributed by atoms with Gasteiger partial charge < -0.3 is 10.1 Å². The molecule has 0 aromatic heterocycles. The van der Waals surface area contributed by atoms with Gasteiger partial charge in [0.05, 0.1) is 17.3 Å². The molecule has 0 amide bonds. The van der Waals surface area contributed by atoms with Crippen LogP contribution in [0.4, 0.5) is 0 Å². The van der Waals surface area contributed by atoms with Crippen molar-refractivity contribution >= 4 is 21.6 Å². The largest absolute Gasteiger partial charge is 0.469 e. The van der Waals surface area contributed by atoms with Gasteiger partial charge in [0.15, 0.2) is 15.6 Å². The van der Waals surface area contributed by atoms with Crippen molar-refractivity contribution in [2.45, 2.75) is 36.8 Å². The number of aryl methyl sites for hydroxylation is 1. The predicted octanol–water partition coefficient (Wildman–Crippen LogP) is 1.51. The first-order valence-corrected chi connectivity index (χ1v) is 9.45. The summed E-state index contributed by atoms with van der Waals surface area (Å²) >= 11 is 0. The van der Waals surface area contributed by atoms with Crippen molar-refractivity contribution in [1.29, 1.82) is 0 Å². The van der Waals surface area contributed by atoms with Crippen LogP contribution >= 0.6 is 0 Å². The van der Waals surface area contributed by atoms with E-state index >= 15 is 0 Å². The molecule has 132 valence electrons. The molecule has 24 heavy (non-hydrogen) atoms. The van der Waals surface area contributed by atoms with Crippen LogP contribution in [-0.2, 0) is 19.4 Å². The zero-order chi connectivity index (χ0) is 17.9. The number of rotatable bonds is 5. The van der Waals surface area contributed by atoms with Crippen LogP contribution in [0.5, 0.6) is 0 Å². The Morgan fingerprint density at radius 1 is 1.33 bits per heavy atom. The molecule has 1 aliphatic heterocycles. The van der Waals surface area contributed by atoms with Gasteiger partial charge in [-0.05, 0) is 44.9 Å². The lowest BCUT2D eigenvalue weighted by Gasteiger charge is -2.31. The van der Waals surface area contributed by atoms with Gasteiger partial charge in [0.1, 0.15) is 0 Å². The Morgan fingerprint density at radius 3 is 2.67 bits per heavy atom. The fourth-order valence-corrected chi connectivity index (χ4v) is 5.28.